The molecule has 4 unspecified atom stereocenters. The molecule has 2 aliphatic heterocycles. The molecular formula is C24H33F12N3O8S4. The van der Waals surface area contributed by atoms with Crippen molar-refractivity contribution in [3.8, 4) is 0 Å². The van der Waals surface area contributed by atoms with Crippen LogP contribution in [0.5, 0.6) is 0 Å². The Morgan fingerprint density at radius 3 is 0.980 bits per heavy atom. The molecule has 0 aromatic carbocycles. The second-order valence-electron chi connectivity index (χ2n) is 13.2. The number of halogens is 12. The summed E-state index contributed by atoms with van der Waals surface area (Å²) in [6.07, 6.45) is 3.21. The minimum atomic E-state index is -8.43. The van der Waals surface area contributed by atoms with Crippen molar-refractivity contribution in [2.75, 3.05) is 26.2 Å². The summed E-state index contributed by atoms with van der Waals surface area (Å²) >= 11 is 0. The number of hydrogen-bond donors (Lipinski definition) is 1. The quantitative estimate of drug-likeness (QED) is 0.281. The van der Waals surface area contributed by atoms with Crippen LogP contribution in [-0.4, -0.2) is 101 Å². The molecule has 4 fully saturated rings. The van der Waals surface area contributed by atoms with Gasteiger partial charge in [-0.25, -0.2) is 33.7 Å². The van der Waals surface area contributed by atoms with E-state index >= 15 is 0 Å². The van der Waals surface area contributed by atoms with Crippen LogP contribution < -0.4 is 4.13 Å². The van der Waals surface area contributed by atoms with Crippen molar-refractivity contribution >= 4 is 40.1 Å². The Morgan fingerprint density at radius 1 is 0.412 bits per heavy atom. The molecule has 51 heavy (non-hydrogen) atoms. The molecule has 4 atom stereocenters. The zero-order chi connectivity index (χ0) is 39.1. The van der Waals surface area contributed by atoms with Crippen molar-refractivity contribution in [1.82, 2.24) is 12.7 Å². The molecule has 11 nitrogen and oxygen atoms in total. The summed E-state index contributed by atoms with van der Waals surface area (Å²) in [5, 5.41) is -29.8. The van der Waals surface area contributed by atoms with Gasteiger partial charge in [-0.1, -0.05) is 42.7 Å². The van der Waals surface area contributed by atoms with E-state index in [1.165, 1.54) is 0 Å². The molecule has 4 aliphatic rings. The average molecular weight is 848 g/mol. The number of piperidine rings is 2. The third-order valence-corrected chi connectivity index (χ3v) is 17.6. The van der Waals surface area contributed by atoms with Crippen LogP contribution >= 0.6 is 0 Å². The van der Waals surface area contributed by atoms with Gasteiger partial charge in [-0.2, -0.15) is 61.3 Å². The van der Waals surface area contributed by atoms with Crippen molar-refractivity contribution < 1.29 is 86.4 Å². The minimum Gasteiger partial charge on any atom is -0.206 e. The highest BCUT2D eigenvalue weighted by Crippen LogP contribution is 2.55. The van der Waals surface area contributed by atoms with Gasteiger partial charge in [0, 0.05) is 26.2 Å². The number of rotatable bonds is 12. The Labute approximate surface area is 285 Å². The second kappa shape index (κ2) is 13.3. The number of nitrogens with zero attached hydrogens (tertiary/aromatic N) is 2. The van der Waals surface area contributed by atoms with E-state index in [0.29, 0.717) is 38.5 Å². The predicted molar refractivity (Wildman–Crippen MR) is 152 cm³/mol. The van der Waals surface area contributed by atoms with Gasteiger partial charge in [0.05, 0.1) is 0 Å². The van der Waals surface area contributed by atoms with Crippen LogP contribution in [0.1, 0.15) is 64.2 Å². The van der Waals surface area contributed by atoms with Gasteiger partial charge in [0.1, 0.15) is 0 Å². The fraction of sp³-hybridized carbons (Fsp3) is 1.00. The van der Waals surface area contributed by atoms with Crippen LogP contribution in [0.25, 0.3) is 0 Å². The fourth-order valence-electron chi connectivity index (χ4n) is 7.15. The lowest BCUT2D eigenvalue weighted by Crippen LogP contribution is -2.68. The molecule has 300 valence electrons. The van der Waals surface area contributed by atoms with Gasteiger partial charge < -0.3 is 0 Å². The highest BCUT2D eigenvalue weighted by atomic mass is 32.3. The van der Waals surface area contributed by atoms with Gasteiger partial charge in [0.2, 0.25) is 0 Å². The molecule has 2 saturated carbocycles. The summed E-state index contributed by atoms with van der Waals surface area (Å²) in [4.78, 5) is 0. The van der Waals surface area contributed by atoms with Crippen molar-refractivity contribution in [3.63, 3.8) is 0 Å². The molecular weight excluding hydrogens is 815 g/mol. The van der Waals surface area contributed by atoms with E-state index in [2.05, 4.69) is 0 Å². The first-order valence-electron chi connectivity index (χ1n) is 15.4. The summed E-state index contributed by atoms with van der Waals surface area (Å²) in [6.45, 7) is -3.67. The van der Waals surface area contributed by atoms with Gasteiger partial charge in [-0.15, -0.1) is 0 Å². The molecule has 0 aromatic rings. The van der Waals surface area contributed by atoms with E-state index in [9.17, 15) is 86.4 Å². The monoisotopic (exact) mass is 847 g/mol. The summed E-state index contributed by atoms with van der Waals surface area (Å²) in [5.41, 5.74) is 0. The van der Waals surface area contributed by atoms with E-state index in [4.69, 9.17) is 0 Å². The molecule has 1 N–H and O–H groups in total. The SMILES string of the molecule is O=S(=O)(NS(=O)(=O)C(F)(F)C(F)(F)C(F)(F)S(=O)(=O)N1CCC2CCCCC2C1)C(F)(F)C(F)(F)C(F)(F)S(=O)(=O)N1CCC2CCCCC2C1. The van der Waals surface area contributed by atoms with Crippen LogP contribution in [0.4, 0.5) is 52.7 Å². The molecule has 0 radical (unpaired) electrons. The van der Waals surface area contributed by atoms with E-state index in [1.807, 2.05) is 0 Å². The minimum absolute atomic E-state index is 0.206. The highest BCUT2D eigenvalue weighted by Gasteiger charge is 2.86. The van der Waals surface area contributed by atoms with Crippen LogP contribution in [0.3, 0.4) is 0 Å². The third kappa shape index (κ3) is 6.46. The van der Waals surface area contributed by atoms with Crippen molar-refractivity contribution in [3.05, 3.63) is 0 Å². The Bertz CT molecular complexity index is 1650. The predicted octanol–water partition coefficient (Wildman–Crippen LogP) is 4.56. The van der Waals surface area contributed by atoms with Crippen molar-refractivity contribution in [2.24, 2.45) is 23.7 Å². The second-order valence-corrected chi connectivity index (χ2v) is 20.9. The molecule has 0 aromatic heterocycles. The first-order chi connectivity index (χ1) is 22.9. The van der Waals surface area contributed by atoms with E-state index < -0.39 is 115 Å². The first-order valence-corrected chi connectivity index (χ1v) is 21.2. The molecule has 0 bridgehead atoms. The zero-order valence-corrected chi connectivity index (χ0v) is 29.3. The third-order valence-electron chi connectivity index (χ3n) is 10.2. The first kappa shape index (κ1) is 42.6. The number of sulfonamides is 4. The van der Waals surface area contributed by atoms with Gasteiger partial charge >= 0.3 is 32.9 Å². The Morgan fingerprint density at radius 2 is 0.686 bits per heavy atom. The van der Waals surface area contributed by atoms with Crippen LogP contribution in [-0.2, 0) is 40.1 Å². The summed E-state index contributed by atoms with van der Waals surface area (Å²) < 4.78 is 275. The molecule has 4 rings (SSSR count). The van der Waals surface area contributed by atoms with E-state index in [1.54, 1.807) is 0 Å². The number of alkyl halides is 12. The van der Waals surface area contributed by atoms with Gasteiger partial charge in [-0.3, -0.25) is 0 Å². The standard InChI is InChI=1S/C24H33F12N3O8S4/c25-19(26,23(33,34)50(44,45)38-11-9-15-5-1-3-7-17(15)13-38)21(29,30)48(40,41)37-49(42,43)22(31,32)20(27,28)24(35,36)51(46,47)39-12-10-16-6-2-4-8-18(16)14-39/h15-18,37H,1-14H2. The van der Waals surface area contributed by atoms with Crippen LogP contribution in [0.15, 0.2) is 0 Å². The van der Waals surface area contributed by atoms with Crippen molar-refractivity contribution in [2.45, 2.75) is 97.1 Å². The molecule has 2 saturated heterocycles. The zero-order valence-electron chi connectivity index (χ0n) is 26.0. The summed E-state index contributed by atoms with van der Waals surface area (Å²) in [6, 6.07) is 0. The van der Waals surface area contributed by atoms with Crippen molar-refractivity contribution in [1.29, 1.82) is 0 Å². The summed E-state index contributed by atoms with van der Waals surface area (Å²) in [7, 11) is -30.8. The molecule has 27 heteroatoms. The lowest BCUT2D eigenvalue weighted by molar-refractivity contribution is -0.246. The molecule has 2 heterocycles. The Hall–Kier alpha value is -1.16. The maximum absolute atomic E-state index is 14.9. The maximum atomic E-state index is 14.9. The Balaban J connectivity index is 1.61. The van der Waals surface area contributed by atoms with Gasteiger partial charge in [-0.05, 0) is 49.4 Å². The lowest BCUT2D eigenvalue weighted by Gasteiger charge is -2.42. The van der Waals surface area contributed by atoms with Gasteiger partial charge in [0.25, 0.3) is 40.1 Å². The van der Waals surface area contributed by atoms with Gasteiger partial charge in [0.15, 0.2) is 0 Å². The fourth-order valence-corrected chi connectivity index (χ4v) is 13.2. The average Bonchev–Trinajstić information content (AvgIpc) is 3.03. The maximum Gasteiger partial charge on any atom is 0.429 e. The Kier molecular flexibility index (Phi) is 11.1. The molecule has 2 aliphatic carbocycles. The topological polar surface area (TPSA) is 155 Å². The normalized spacial score (nSPS) is 27.8. The number of fused-ring (bicyclic) bond motifs is 2. The van der Waals surface area contributed by atoms with E-state index in [0.717, 1.165) is 0 Å². The smallest absolute Gasteiger partial charge is 0.206 e. The number of nitrogens with one attached hydrogen (secondary N) is 1. The molecule has 0 spiro atoms. The largest absolute Gasteiger partial charge is 0.429 e. The lowest BCUT2D eigenvalue weighted by atomic mass is 9.76. The van der Waals surface area contributed by atoms with Crippen LogP contribution in [0, 0.1) is 23.7 Å². The van der Waals surface area contributed by atoms with Crippen LogP contribution in [0.2, 0.25) is 0 Å². The van der Waals surface area contributed by atoms with E-state index in [-0.39, 0.29) is 46.1 Å². The number of hydrogen-bond acceptors (Lipinski definition) is 8. The molecule has 0 amide bonds. The summed E-state index contributed by atoms with van der Waals surface area (Å²) in [5.74, 6) is -17.4. The highest BCUT2D eigenvalue weighted by molar-refractivity contribution is 8.05.